The van der Waals surface area contributed by atoms with E-state index < -0.39 is 0 Å². The van der Waals surface area contributed by atoms with Crippen LogP contribution in [0.25, 0.3) is 0 Å². The standard InChI is InChI=1S/C26H38IO2.6FH.Sb/c1-2-3-4-5-6-7-8-9-10-14-17-25(28)22-29-26-20-18-24(19-21-26)27-23-15-12-11-13-16-23;;;;;;;/h11-13,15-16,18-21,25,28H,2-10,14,17,22H2,1H3;6*1H;/q+1;;;;;;;+5/p-6. The van der Waals surface area contributed by atoms with E-state index in [-0.39, 0.29) is 80.0 Å². The summed E-state index contributed by atoms with van der Waals surface area (Å²) < 4.78 is 8.58. The summed E-state index contributed by atoms with van der Waals surface area (Å²) in [5.41, 5.74) is 0. The molecule has 2 aromatic rings. The molecule has 1 N–H and O–H groups in total. The minimum Gasteiger partial charge on any atom is -1.00 e. The first-order valence-corrected chi connectivity index (χ1v) is 13.5. The maximum absolute atomic E-state index is 10.2. The second kappa shape index (κ2) is 32.4. The normalized spacial score (nSPS) is 9.72. The SMILES string of the molecule is CCCCCCCCCCCCC(O)COc1ccc([I+]c2ccccc2)cc1.[F-].[F-].[F-].[F-].[F-].[F-].[Sb+5]. The minimum absolute atomic E-state index is 0. The molecule has 2 rings (SSSR count). The van der Waals surface area contributed by atoms with E-state index in [0.717, 1.165) is 18.6 Å². The van der Waals surface area contributed by atoms with Gasteiger partial charge < -0.3 is 38.1 Å². The Morgan fingerprint density at radius 2 is 1.08 bits per heavy atom. The molecule has 1 atom stereocenters. The maximum Gasteiger partial charge on any atom is 5.00 e. The van der Waals surface area contributed by atoms with Crippen molar-refractivity contribution in [2.75, 3.05) is 6.61 Å². The third kappa shape index (κ3) is 23.7. The number of rotatable bonds is 16. The van der Waals surface area contributed by atoms with E-state index in [0.29, 0.717) is 6.61 Å². The molecule has 0 saturated carbocycles. The van der Waals surface area contributed by atoms with E-state index in [1.165, 1.54) is 64.9 Å². The fourth-order valence-corrected chi connectivity index (χ4v) is 5.55. The number of benzene rings is 2. The summed E-state index contributed by atoms with van der Waals surface area (Å²) in [6.07, 6.45) is 13.7. The number of hydrogen-bond donors (Lipinski definition) is 1. The van der Waals surface area contributed by atoms with Gasteiger partial charge in [0.1, 0.15) is 12.4 Å². The molecular formula is C26H38F6IO2Sb. The van der Waals surface area contributed by atoms with Crippen LogP contribution in [-0.4, -0.2) is 42.2 Å². The third-order valence-corrected chi connectivity index (χ3v) is 7.78. The molecule has 0 fully saturated rings. The number of ether oxygens (including phenoxy) is 1. The van der Waals surface area contributed by atoms with Crippen molar-refractivity contribution in [3.8, 4) is 5.75 Å². The van der Waals surface area contributed by atoms with Crippen LogP contribution in [0.15, 0.2) is 54.6 Å². The Labute approximate surface area is 240 Å². The van der Waals surface area contributed by atoms with Gasteiger partial charge in [0, 0.05) is 0 Å². The van der Waals surface area contributed by atoms with E-state index in [9.17, 15) is 5.11 Å². The van der Waals surface area contributed by atoms with Crippen molar-refractivity contribution in [3.05, 3.63) is 61.7 Å². The van der Waals surface area contributed by atoms with Gasteiger partial charge >= 0.3 is 45.6 Å². The van der Waals surface area contributed by atoms with Crippen LogP contribution >= 0.6 is 0 Å². The van der Waals surface area contributed by atoms with Gasteiger partial charge in [0.15, 0.2) is 7.14 Å². The third-order valence-electron chi connectivity index (χ3n) is 5.10. The van der Waals surface area contributed by atoms with Crippen molar-refractivity contribution in [2.24, 2.45) is 0 Å². The molecule has 0 aliphatic rings. The molecule has 0 heterocycles. The Bertz CT molecular complexity index is 657. The molecule has 0 aliphatic carbocycles. The zero-order valence-corrected chi connectivity index (χ0v) is 25.4. The molecule has 36 heavy (non-hydrogen) atoms. The Balaban J connectivity index is -0.000000321. The van der Waals surface area contributed by atoms with Gasteiger partial charge in [-0.3, -0.25) is 0 Å². The minimum atomic E-state index is -0.361. The van der Waals surface area contributed by atoms with Crippen LogP contribution in [0.3, 0.4) is 0 Å². The zero-order chi connectivity index (χ0) is 20.6. The molecule has 0 amide bonds. The molecule has 0 saturated heterocycles. The molecule has 10 heteroatoms. The van der Waals surface area contributed by atoms with Gasteiger partial charge in [0.2, 0.25) is 0 Å². The Kier molecular flexibility index (Phi) is 43.5. The van der Waals surface area contributed by atoms with Crippen molar-refractivity contribution < 1.29 is 59.3 Å². The van der Waals surface area contributed by atoms with E-state index in [4.69, 9.17) is 4.74 Å². The zero-order valence-electron chi connectivity index (χ0n) is 20.7. The Hall–Kier alpha value is -0.672. The number of aliphatic hydroxyl groups is 1. The summed E-state index contributed by atoms with van der Waals surface area (Å²) in [7, 11) is 0. The fourth-order valence-electron chi connectivity index (χ4n) is 3.34. The van der Waals surface area contributed by atoms with Gasteiger partial charge in [0.05, 0.1) is 6.10 Å². The van der Waals surface area contributed by atoms with Crippen molar-refractivity contribution in [3.63, 3.8) is 0 Å². The number of aliphatic hydroxyl groups excluding tert-OH is 1. The van der Waals surface area contributed by atoms with Gasteiger partial charge in [-0.05, 0) is 42.8 Å². The van der Waals surface area contributed by atoms with E-state index >= 15 is 0 Å². The van der Waals surface area contributed by atoms with Crippen LogP contribution in [0.1, 0.15) is 77.6 Å². The first-order chi connectivity index (χ1) is 14.3. The molecule has 0 radical (unpaired) electrons. The molecule has 2 aromatic carbocycles. The van der Waals surface area contributed by atoms with E-state index in [2.05, 4.69) is 49.4 Å². The largest absolute Gasteiger partial charge is 5.00 e. The quantitative estimate of drug-likeness (QED) is 0.0803. The predicted octanol–water partition coefficient (Wildman–Crippen LogP) is -14.5. The summed E-state index contributed by atoms with van der Waals surface area (Å²) >= 11 is -0.131. The second-order valence-corrected chi connectivity index (χ2v) is 10.8. The molecule has 1 unspecified atom stereocenters. The number of halogens is 7. The summed E-state index contributed by atoms with van der Waals surface area (Å²) in [6.45, 7) is 2.66. The van der Waals surface area contributed by atoms with Crippen LogP contribution in [0.2, 0.25) is 0 Å². The summed E-state index contributed by atoms with van der Waals surface area (Å²) in [6, 6.07) is 19.0. The summed E-state index contributed by atoms with van der Waals surface area (Å²) in [5, 5.41) is 10.2. The maximum atomic E-state index is 10.2. The molecule has 0 aromatic heterocycles. The average Bonchev–Trinajstić information content (AvgIpc) is 2.75. The van der Waals surface area contributed by atoms with E-state index in [1.807, 2.05) is 12.1 Å². The smallest absolute Gasteiger partial charge is 1.00 e. The van der Waals surface area contributed by atoms with Crippen molar-refractivity contribution in [1.29, 1.82) is 0 Å². The van der Waals surface area contributed by atoms with Crippen LogP contribution in [0.4, 0.5) is 0 Å². The van der Waals surface area contributed by atoms with Crippen molar-refractivity contribution >= 4 is 24.4 Å². The first-order valence-electron chi connectivity index (χ1n) is 11.4. The van der Waals surface area contributed by atoms with E-state index in [1.54, 1.807) is 0 Å². The van der Waals surface area contributed by atoms with Crippen LogP contribution in [-0.2, 0) is 0 Å². The molecule has 208 valence electrons. The van der Waals surface area contributed by atoms with Crippen molar-refractivity contribution in [1.82, 2.24) is 0 Å². The molecular weight excluding hydrogens is 707 g/mol. The Morgan fingerprint density at radius 1 is 0.639 bits per heavy atom. The Morgan fingerprint density at radius 3 is 1.58 bits per heavy atom. The first kappa shape index (κ1) is 48.4. The average molecular weight is 745 g/mol. The summed E-state index contributed by atoms with van der Waals surface area (Å²) in [4.78, 5) is 0. The van der Waals surface area contributed by atoms with Crippen molar-refractivity contribution in [2.45, 2.75) is 83.7 Å². The van der Waals surface area contributed by atoms with Crippen LogP contribution < -0.4 is 54.2 Å². The molecule has 0 spiro atoms. The monoisotopic (exact) mass is 744 g/mol. The van der Waals surface area contributed by atoms with Gasteiger partial charge in [0.25, 0.3) is 0 Å². The fraction of sp³-hybridized carbons (Fsp3) is 0.538. The molecule has 2 nitrogen and oxygen atoms in total. The van der Waals surface area contributed by atoms with Gasteiger partial charge in [-0.25, -0.2) is 0 Å². The van der Waals surface area contributed by atoms with Gasteiger partial charge in [-0.15, -0.1) is 0 Å². The van der Waals surface area contributed by atoms with Crippen LogP contribution in [0.5, 0.6) is 5.75 Å². The molecule has 0 bridgehead atoms. The second-order valence-electron chi connectivity index (χ2n) is 7.78. The molecule has 0 aliphatic heterocycles. The topological polar surface area (TPSA) is 29.5 Å². The number of unbranched alkanes of at least 4 members (excludes halogenated alkanes) is 9. The number of hydrogen-bond acceptors (Lipinski definition) is 2. The van der Waals surface area contributed by atoms with Gasteiger partial charge in [-0.1, -0.05) is 89.3 Å². The van der Waals surface area contributed by atoms with Gasteiger partial charge in [-0.2, -0.15) is 0 Å². The van der Waals surface area contributed by atoms with Crippen LogP contribution in [0, 0.1) is 7.14 Å². The summed E-state index contributed by atoms with van der Waals surface area (Å²) in [5.74, 6) is 0.855. The predicted molar refractivity (Wildman–Crippen MR) is 124 cm³/mol.